The average molecular weight is 318 g/mol. The van der Waals surface area contributed by atoms with Crippen LogP contribution < -0.4 is 0 Å². The lowest BCUT2D eigenvalue weighted by Crippen LogP contribution is -2.17. The first-order valence-electron chi connectivity index (χ1n) is 7.61. The van der Waals surface area contributed by atoms with E-state index in [1.165, 1.54) is 11.8 Å². The van der Waals surface area contributed by atoms with E-state index in [0.717, 1.165) is 26.9 Å². The maximum Gasteiger partial charge on any atom is 0.165 e. The van der Waals surface area contributed by atoms with Crippen molar-refractivity contribution in [1.82, 2.24) is 0 Å². The molecule has 0 unspecified atom stereocenters. The minimum Gasteiger partial charge on any atom is -0.507 e. The van der Waals surface area contributed by atoms with Crippen molar-refractivity contribution in [3.8, 4) is 5.75 Å². The summed E-state index contributed by atoms with van der Waals surface area (Å²) >= 11 is 1.49. The number of phenolic OH excluding ortho intramolecular Hbond substituents is 1. The van der Waals surface area contributed by atoms with Gasteiger partial charge < -0.3 is 9.52 Å². The largest absolute Gasteiger partial charge is 0.507 e. The molecule has 2 rings (SSSR count). The number of hydrogen-bond acceptors (Lipinski definition) is 3. The lowest BCUT2D eigenvalue weighted by atomic mass is 9.80. The number of phenols is 1. The van der Waals surface area contributed by atoms with Crippen LogP contribution in [0.15, 0.2) is 38.7 Å². The molecule has 0 aliphatic carbocycles. The molecule has 0 fully saturated rings. The fourth-order valence-corrected chi connectivity index (χ4v) is 3.43. The van der Waals surface area contributed by atoms with E-state index >= 15 is 0 Å². The quantitative estimate of drug-likeness (QED) is 0.733. The summed E-state index contributed by atoms with van der Waals surface area (Å²) in [6.45, 7) is 14.9. The first kappa shape index (κ1) is 17.0. The summed E-state index contributed by atoms with van der Waals surface area (Å²) in [4.78, 5) is 0.884. The molecule has 0 amide bonds. The normalized spacial score (nSPS) is 12.7. The fraction of sp³-hybridized carbons (Fsp3) is 0.474. The molecule has 0 atom stereocenters. The summed E-state index contributed by atoms with van der Waals surface area (Å²) < 4.78 is 5.66. The van der Waals surface area contributed by atoms with Crippen molar-refractivity contribution in [2.75, 3.05) is 0 Å². The highest BCUT2D eigenvalue weighted by Gasteiger charge is 2.26. The molecule has 3 heteroatoms. The summed E-state index contributed by atoms with van der Waals surface area (Å²) in [6, 6.07) is 7.99. The molecule has 2 nitrogen and oxygen atoms in total. The second-order valence-electron chi connectivity index (χ2n) is 7.84. The highest BCUT2D eigenvalue weighted by atomic mass is 32.2. The third-order valence-corrected chi connectivity index (χ3v) is 4.72. The van der Waals surface area contributed by atoms with Crippen molar-refractivity contribution in [2.24, 2.45) is 0 Å². The predicted molar refractivity (Wildman–Crippen MR) is 93.1 cm³/mol. The molecular weight excluding hydrogens is 292 g/mol. The monoisotopic (exact) mass is 318 g/mol. The first-order valence-corrected chi connectivity index (χ1v) is 8.42. The third-order valence-electron chi connectivity index (χ3n) is 3.66. The molecule has 120 valence electrons. The fourth-order valence-electron chi connectivity index (χ4n) is 2.28. The van der Waals surface area contributed by atoms with Crippen LogP contribution in [0.3, 0.4) is 0 Å². The van der Waals surface area contributed by atoms with Gasteiger partial charge in [-0.1, -0.05) is 47.6 Å². The van der Waals surface area contributed by atoms with Crippen LogP contribution >= 0.6 is 11.8 Å². The smallest absolute Gasteiger partial charge is 0.165 e. The third kappa shape index (κ3) is 3.70. The molecule has 0 spiro atoms. The summed E-state index contributed by atoms with van der Waals surface area (Å²) in [5.74, 6) is 1.21. The molecule has 2 aromatic rings. The maximum absolute atomic E-state index is 10.6. The Bertz CT molecular complexity index is 670. The average Bonchev–Trinajstić information content (AvgIpc) is 2.74. The van der Waals surface area contributed by atoms with Gasteiger partial charge in [-0.05, 0) is 58.8 Å². The van der Waals surface area contributed by atoms with E-state index in [1.807, 2.05) is 25.1 Å². The number of furan rings is 1. The van der Waals surface area contributed by atoms with Crippen LogP contribution in [0.2, 0.25) is 0 Å². The Morgan fingerprint density at radius 3 is 2.05 bits per heavy atom. The van der Waals surface area contributed by atoms with Crippen molar-refractivity contribution in [1.29, 1.82) is 0 Å². The standard InChI is InChI=1S/C19H26O2S/c1-12-8-9-16(21-12)22-17-14(19(5,6)7)10-13(11-15(17)20)18(2,3)4/h8-11,20H,1-7H3. The number of aryl methyl sites for hydroxylation is 1. The summed E-state index contributed by atoms with van der Waals surface area (Å²) in [6.07, 6.45) is 0. The van der Waals surface area contributed by atoms with Crippen LogP contribution in [0.4, 0.5) is 0 Å². The second kappa shape index (κ2) is 5.69. The molecule has 0 saturated heterocycles. The lowest BCUT2D eigenvalue weighted by molar-refractivity contribution is 0.439. The molecule has 0 radical (unpaired) electrons. The van der Waals surface area contributed by atoms with Gasteiger partial charge in [-0.15, -0.1) is 0 Å². The molecular formula is C19H26O2S. The minimum absolute atomic E-state index is 0.00193. The Labute approximate surface area is 137 Å². The van der Waals surface area contributed by atoms with E-state index in [4.69, 9.17) is 4.42 Å². The highest BCUT2D eigenvalue weighted by molar-refractivity contribution is 7.99. The lowest BCUT2D eigenvalue weighted by Gasteiger charge is -2.27. The number of hydrogen-bond donors (Lipinski definition) is 1. The summed E-state index contributed by atoms with van der Waals surface area (Å²) in [5, 5.41) is 11.4. The van der Waals surface area contributed by atoms with E-state index < -0.39 is 0 Å². The SMILES string of the molecule is Cc1ccc(Sc2c(O)cc(C(C)(C)C)cc2C(C)(C)C)o1. The second-order valence-corrected chi connectivity index (χ2v) is 8.85. The van der Waals surface area contributed by atoms with Gasteiger partial charge in [-0.3, -0.25) is 0 Å². The Kier molecular flexibility index (Phi) is 4.40. The van der Waals surface area contributed by atoms with Crippen LogP contribution in [-0.4, -0.2) is 5.11 Å². The molecule has 0 bridgehead atoms. The van der Waals surface area contributed by atoms with E-state index in [2.05, 4.69) is 47.6 Å². The molecule has 0 aliphatic rings. The van der Waals surface area contributed by atoms with Gasteiger partial charge in [0.2, 0.25) is 0 Å². The van der Waals surface area contributed by atoms with Gasteiger partial charge in [-0.25, -0.2) is 0 Å². The van der Waals surface area contributed by atoms with E-state index in [9.17, 15) is 5.11 Å². The summed E-state index contributed by atoms with van der Waals surface area (Å²) in [7, 11) is 0. The molecule has 1 N–H and O–H groups in total. The van der Waals surface area contributed by atoms with Gasteiger partial charge in [0.25, 0.3) is 0 Å². The van der Waals surface area contributed by atoms with Crippen LogP contribution in [-0.2, 0) is 10.8 Å². The van der Waals surface area contributed by atoms with Gasteiger partial charge in [0.15, 0.2) is 5.09 Å². The molecule has 22 heavy (non-hydrogen) atoms. The van der Waals surface area contributed by atoms with E-state index in [0.29, 0.717) is 5.75 Å². The zero-order valence-corrected chi connectivity index (χ0v) is 15.4. The van der Waals surface area contributed by atoms with Crippen LogP contribution in [0.1, 0.15) is 58.4 Å². The van der Waals surface area contributed by atoms with Crippen molar-refractivity contribution >= 4 is 11.8 Å². The van der Waals surface area contributed by atoms with Gasteiger partial charge in [0, 0.05) is 0 Å². The highest BCUT2D eigenvalue weighted by Crippen LogP contribution is 2.44. The van der Waals surface area contributed by atoms with E-state index in [-0.39, 0.29) is 10.8 Å². The first-order chi connectivity index (χ1) is 9.98. The predicted octanol–water partition coefficient (Wildman–Crippen LogP) is 6.04. The van der Waals surface area contributed by atoms with Gasteiger partial charge in [-0.2, -0.15) is 0 Å². The zero-order chi connectivity index (χ0) is 16.7. The summed E-state index contributed by atoms with van der Waals surface area (Å²) in [5.41, 5.74) is 2.25. The van der Waals surface area contributed by atoms with Crippen molar-refractivity contribution < 1.29 is 9.52 Å². The van der Waals surface area contributed by atoms with Gasteiger partial charge in [0.05, 0.1) is 4.90 Å². The van der Waals surface area contributed by atoms with Crippen molar-refractivity contribution in [3.05, 3.63) is 41.2 Å². The molecule has 0 aliphatic heterocycles. The van der Waals surface area contributed by atoms with Crippen LogP contribution in [0.25, 0.3) is 0 Å². The minimum atomic E-state index is -0.0529. The molecule has 1 heterocycles. The molecule has 1 aromatic carbocycles. The van der Waals surface area contributed by atoms with Crippen LogP contribution in [0, 0.1) is 6.92 Å². The van der Waals surface area contributed by atoms with E-state index in [1.54, 1.807) is 0 Å². The molecule has 1 aromatic heterocycles. The van der Waals surface area contributed by atoms with Gasteiger partial charge in [0.1, 0.15) is 11.5 Å². The molecule has 0 saturated carbocycles. The Morgan fingerprint density at radius 2 is 1.59 bits per heavy atom. The Morgan fingerprint density at radius 1 is 0.955 bits per heavy atom. The van der Waals surface area contributed by atoms with Crippen molar-refractivity contribution in [2.45, 2.75) is 69.3 Å². The van der Waals surface area contributed by atoms with Crippen LogP contribution in [0.5, 0.6) is 5.75 Å². The maximum atomic E-state index is 10.6. The number of aromatic hydroxyl groups is 1. The topological polar surface area (TPSA) is 33.4 Å². The number of benzene rings is 1. The van der Waals surface area contributed by atoms with Crippen molar-refractivity contribution in [3.63, 3.8) is 0 Å². The Hall–Kier alpha value is -1.35. The Balaban J connectivity index is 2.57. The zero-order valence-electron chi connectivity index (χ0n) is 14.6. The van der Waals surface area contributed by atoms with Gasteiger partial charge >= 0.3 is 0 Å². The number of rotatable bonds is 2.